The maximum Gasteiger partial charge on any atom is 0.450 e. The van der Waals surface area contributed by atoms with Crippen molar-refractivity contribution in [3.8, 4) is 5.88 Å². The second kappa shape index (κ2) is 9.00. The Bertz CT molecular complexity index is 1210. The number of alkyl halides is 3. The van der Waals surface area contributed by atoms with E-state index in [1.165, 1.54) is 24.5 Å². The van der Waals surface area contributed by atoms with E-state index in [1.54, 1.807) is 12.1 Å². The first kappa shape index (κ1) is 23.0. The third-order valence-corrected chi connectivity index (χ3v) is 5.86. The van der Waals surface area contributed by atoms with Gasteiger partial charge in [0.05, 0.1) is 5.52 Å². The lowest BCUT2D eigenvalue weighted by Crippen LogP contribution is -2.40. The van der Waals surface area contributed by atoms with Gasteiger partial charge in [-0.05, 0) is 65.9 Å². The van der Waals surface area contributed by atoms with Gasteiger partial charge in [-0.25, -0.2) is 9.97 Å². The first-order chi connectivity index (χ1) is 15.6. The van der Waals surface area contributed by atoms with Gasteiger partial charge in [-0.15, -0.1) is 0 Å². The second-order valence-corrected chi connectivity index (χ2v) is 8.59. The van der Waals surface area contributed by atoms with Crippen LogP contribution in [-0.2, 0) is 6.18 Å². The van der Waals surface area contributed by atoms with Crippen molar-refractivity contribution < 1.29 is 27.5 Å². The Hall–Kier alpha value is -3.15. The number of aromatic nitrogens is 3. The van der Waals surface area contributed by atoms with Crippen molar-refractivity contribution in [3.05, 3.63) is 58.2 Å². The van der Waals surface area contributed by atoms with Crippen molar-refractivity contribution in [2.75, 3.05) is 0 Å². The zero-order chi connectivity index (χ0) is 23.8. The molecule has 2 amide bonds. The van der Waals surface area contributed by atoms with E-state index in [0.29, 0.717) is 30.2 Å². The molecule has 33 heavy (non-hydrogen) atoms. The molecule has 0 unspecified atom stereocenters. The molecule has 4 rings (SSSR count). The molecular weight excluding hydrogens is 507 g/mol. The van der Waals surface area contributed by atoms with Crippen LogP contribution in [0, 0.1) is 0 Å². The molecule has 1 fully saturated rings. The third-order valence-electron chi connectivity index (χ3n) is 5.39. The summed E-state index contributed by atoms with van der Waals surface area (Å²) < 4.78 is 47.3. The maximum atomic E-state index is 13.4. The summed E-state index contributed by atoms with van der Waals surface area (Å²) in [5, 5.41) is 2.78. The van der Waals surface area contributed by atoms with Crippen molar-refractivity contribution in [2.24, 2.45) is 5.73 Å². The normalized spacial score (nSPS) is 18.8. The maximum absolute atomic E-state index is 13.4. The minimum atomic E-state index is -4.72. The first-order valence-electron chi connectivity index (χ1n) is 10.1. The van der Waals surface area contributed by atoms with Gasteiger partial charge >= 0.3 is 6.18 Å². The number of amides is 2. The van der Waals surface area contributed by atoms with E-state index in [0.717, 1.165) is 4.40 Å². The Morgan fingerprint density at radius 1 is 1.18 bits per heavy atom. The van der Waals surface area contributed by atoms with E-state index in [4.69, 9.17) is 10.5 Å². The van der Waals surface area contributed by atoms with Crippen molar-refractivity contribution in [1.82, 2.24) is 19.7 Å². The Kier molecular flexibility index (Phi) is 6.28. The lowest BCUT2D eigenvalue weighted by atomic mass is 9.93. The number of pyridine rings is 2. The van der Waals surface area contributed by atoms with Crippen LogP contribution >= 0.6 is 15.9 Å². The molecule has 0 atom stereocenters. The predicted molar refractivity (Wildman–Crippen MR) is 115 cm³/mol. The zero-order valence-corrected chi connectivity index (χ0v) is 18.7. The summed E-state index contributed by atoms with van der Waals surface area (Å²) >= 11 is 3.14. The quantitative estimate of drug-likeness (QED) is 0.527. The molecule has 0 bridgehead atoms. The van der Waals surface area contributed by atoms with E-state index < -0.39 is 23.8 Å². The molecule has 1 aliphatic rings. The number of nitrogens with zero attached hydrogens (tertiary/aromatic N) is 3. The number of rotatable bonds is 5. The molecule has 3 aromatic rings. The van der Waals surface area contributed by atoms with Gasteiger partial charge in [0.2, 0.25) is 11.7 Å². The van der Waals surface area contributed by atoms with Crippen LogP contribution in [-0.4, -0.2) is 38.3 Å². The number of carbonyl (C=O) groups excluding carboxylic acids is 2. The molecule has 0 radical (unpaired) electrons. The van der Waals surface area contributed by atoms with Gasteiger partial charge < -0.3 is 15.8 Å². The molecule has 1 aliphatic carbocycles. The summed E-state index contributed by atoms with van der Waals surface area (Å²) in [5.74, 6) is -2.32. The Balaban J connectivity index is 1.43. The monoisotopic (exact) mass is 525 g/mol. The average Bonchev–Trinajstić information content (AvgIpc) is 3.14. The Morgan fingerprint density at radius 2 is 1.91 bits per heavy atom. The number of ether oxygens (including phenoxy) is 1. The van der Waals surface area contributed by atoms with Gasteiger partial charge in [0.15, 0.2) is 5.69 Å². The number of hydrogen-bond donors (Lipinski definition) is 2. The van der Waals surface area contributed by atoms with Crippen LogP contribution in [0.15, 0.2) is 41.1 Å². The van der Waals surface area contributed by atoms with E-state index in [-0.39, 0.29) is 34.8 Å². The van der Waals surface area contributed by atoms with Crippen LogP contribution in [0.1, 0.15) is 52.4 Å². The topological polar surface area (TPSA) is 112 Å². The molecule has 3 aromatic heterocycles. The minimum absolute atomic E-state index is 0.0641. The summed E-state index contributed by atoms with van der Waals surface area (Å²) in [6.07, 6.45) is -0.0217. The van der Waals surface area contributed by atoms with E-state index in [9.17, 15) is 22.8 Å². The molecular formula is C21H19BrF3N5O3. The Labute approximate surface area is 194 Å². The van der Waals surface area contributed by atoms with Crippen LogP contribution < -0.4 is 15.8 Å². The summed E-state index contributed by atoms with van der Waals surface area (Å²) in [5.41, 5.74) is 5.31. The molecule has 0 spiro atoms. The molecule has 3 heterocycles. The predicted octanol–water partition coefficient (Wildman–Crippen LogP) is 3.73. The fourth-order valence-electron chi connectivity index (χ4n) is 3.84. The van der Waals surface area contributed by atoms with Gasteiger partial charge in [0, 0.05) is 22.9 Å². The highest BCUT2D eigenvalue weighted by atomic mass is 79.9. The van der Waals surface area contributed by atoms with Crippen LogP contribution in [0.25, 0.3) is 5.52 Å². The molecule has 0 saturated heterocycles. The standard InChI is InChI=1S/C21H19BrF3N5O3/c22-11-3-8-15-16(29-20(21(23,24)25)30(15)10-11)18(32)28-12-4-6-13(7-5-12)33-19-14(17(26)31)2-1-9-27-19/h1-3,8-10,12-13H,4-7H2,(H2,26,31)(H,28,32). The van der Waals surface area contributed by atoms with Gasteiger partial charge in [-0.3, -0.25) is 14.0 Å². The number of hydrogen-bond acceptors (Lipinski definition) is 5. The molecule has 12 heteroatoms. The smallest absolute Gasteiger partial charge is 0.450 e. The van der Waals surface area contributed by atoms with Crippen molar-refractivity contribution in [3.63, 3.8) is 0 Å². The molecule has 8 nitrogen and oxygen atoms in total. The summed E-state index contributed by atoms with van der Waals surface area (Å²) in [7, 11) is 0. The zero-order valence-electron chi connectivity index (χ0n) is 17.1. The lowest BCUT2D eigenvalue weighted by Gasteiger charge is -2.29. The van der Waals surface area contributed by atoms with Crippen LogP contribution in [0.2, 0.25) is 0 Å². The first-order valence-corrected chi connectivity index (χ1v) is 10.9. The van der Waals surface area contributed by atoms with Crippen LogP contribution in [0.5, 0.6) is 5.88 Å². The van der Waals surface area contributed by atoms with Gasteiger partial charge in [0.25, 0.3) is 11.8 Å². The van der Waals surface area contributed by atoms with E-state index in [1.807, 2.05) is 0 Å². The number of nitrogens with one attached hydrogen (secondary N) is 1. The molecule has 3 N–H and O–H groups in total. The van der Waals surface area contributed by atoms with Crippen molar-refractivity contribution in [2.45, 2.75) is 44.0 Å². The number of imidazole rings is 1. The fourth-order valence-corrected chi connectivity index (χ4v) is 4.17. The van der Waals surface area contributed by atoms with Crippen molar-refractivity contribution >= 4 is 33.3 Å². The molecule has 0 aliphatic heterocycles. The van der Waals surface area contributed by atoms with Crippen LogP contribution in [0.4, 0.5) is 13.2 Å². The number of nitrogens with two attached hydrogens (primary N) is 1. The lowest BCUT2D eigenvalue weighted by molar-refractivity contribution is -0.145. The highest BCUT2D eigenvalue weighted by Gasteiger charge is 2.38. The third kappa shape index (κ3) is 4.95. The molecule has 174 valence electrons. The summed E-state index contributed by atoms with van der Waals surface area (Å²) in [6, 6.07) is 5.82. The number of fused-ring (bicyclic) bond motifs is 1. The van der Waals surface area contributed by atoms with E-state index in [2.05, 4.69) is 31.2 Å². The van der Waals surface area contributed by atoms with Crippen molar-refractivity contribution in [1.29, 1.82) is 0 Å². The van der Waals surface area contributed by atoms with Gasteiger partial charge in [0.1, 0.15) is 11.7 Å². The van der Waals surface area contributed by atoms with Crippen LogP contribution in [0.3, 0.4) is 0 Å². The number of halogens is 4. The summed E-state index contributed by atoms with van der Waals surface area (Å²) in [4.78, 5) is 32.0. The Morgan fingerprint density at radius 3 is 2.58 bits per heavy atom. The minimum Gasteiger partial charge on any atom is -0.474 e. The molecule has 0 aromatic carbocycles. The SMILES string of the molecule is NC(=O)c1cccnc1OC1CCC(NC(=O)c2nc(C(F)(F)F)n3cc(Br)ccc23)CC1. The summed E-state index contributed by atoms with van der Waals surface area (Å²) in [6.45, 7) is 0. The number of primary amides is 1. The second-order valence-electron chi connectivity index (χ2n) is 7.67. The van der Waals surface area contributed by atoms with E-state index >= 15 is 0 Å². The largest absolute Gasteiger partial charge is 0.474 e. The average molecular weight is 526 g/mol. The highest BCUT2D eigenvalue weighted by Crippen LogP contribution is 2.31. The fraction of sp³-hybridized carbons (Fsp3) is 0.333. The molecule has 1 saturated carbocycles. The highest BCUT2D eigenvalue weighted by molar-refractivity contribution is 9.10. The van der Waals surface area contributed by atoms with Gasteiger partial charge in [-0.1, -0.05) is 0 Å². The number of carbonyl (C=O) groups is 2. The van der Waals surface area contributed by atoms with Gasteiger partial charge in [-0.2, -0.15) is 13.2 Å².